The van der Waals surface area contributed by atoms with Crippen molar-refractivity contribution in [3.05, 3.63) is 174 Å². The second-order valence-electron chi connectivity index (χ2n) is 16.1. The van der Waals surface area contributed by atoms with Crippen LogP contribution >= 0.6 is 0 Å². The van der Waals surface area contributed by atoms with Gasteiger partial charge in [0, 0.05) is 44.2 Å². The third-order valence-electron chi connectivity index (χ3n) is 11.0. The smallest absolute Gasteiger partial charge is 0.121 e. The Kier molecular flexibility index (Phi) is 9.91. The van der Waals surface area contributed by atoms with Crippen LogP contribution in [0.4, 0.5) is 0 Å². The van der Waals surface area contributed by atoms with Gasteiger partial charge in [-0.3, -0.25) is 4.98 Å². The van der Waals surface area contributed by atoms with Crippen LogP contribution < -0.4 is 0 Å². The van der Waals surface area contributed by atoms with Crippen molar-refractivity contribution in [3.8, 4) is 28.3 Å². The molecule has 3 heterocycles. The monoisotopic (exact) mass is 965 g/mol. The second-order valence-corrected chi connectivity index (χ2v) is 16.1. The molecular formula is C55H49IrN3O-2. The fraction of sp³-hybridized carbons (Fsp3) is 0.200. The zero-order chi connectivity index (χ0) is 45.1. The molecule has 0 saturated carbocycles. The van der Waals surface area contributed by atoms with Crippen molar-refractivity contribution in [2.24, 2.45) is 5.92 Å². The van der Waals surface area contributed by atoms with Crippen molar-refractivity contribution < 1.29 is 31.4 Å². The molecule has 0 aliphatic carbocycles. The Morgan fingerprint density at radius 1 is 0.700 bits per heavy atom. The van der Waals surface area contributed by atoms with Crippen LogP contribution in [0.2, 0.25) is 0 Å². The number of nitrogens with zero attached hydrogens (tertiary/aromatic N) is 3. The minimum Gasteiger partial charge on any atom is -0.501 e. The van der Waals surface area contributed by atoms with Gasteiger partial charge < -0.3 is 14.0 Å². The Morgan fingerprint density at radius 3 is 2.20 bits per heavy atom. The third kappa shape index (κ3) is 7.57. The molecule has 0 fully saturated rings. The minimum atomic E-state index is -2.49. The fourth-order valence-electron chi connectivity index (χ4n) is 8.19. The summed E-state index contributed by atoms with van der Waals surface area (Å²) in [4.78, 5) is 9.44. The van der Waals surface area contributed by atoms with E-state index in [1.165, 1.54) is 33.8 Å². The normalized spacial score (nSPS) is 13.3. The van der Waals surface area contributed by atoms with Crippen molar-refractivity contribution in [2.75, 3.05) is 0 Å². The summed E-state index contributed by atoms with van der Waals surface area (Å²) in [5, 5.41) is 6.40. The number of imidazole rings is 1. The number of hydrogen-bond donors (Lipinski definition) is 0. The molecule has 0 amide bonds. The number of rotatable bonds is 7. The molecule has 1 radical (unpaired) electrons. The Hall–Kier alpha value is -5.87. The van der Waals surface area contributed by atoms with Crippen LogP contribution in [0.5, 0.6) is 0 Å². The molecule has 0 saturated heterocycles. The Bertz CT molecular complexity index is 3320. The fourth-order valence-corrected chi connectivity index (χ4v) is 8.19. The first-order valence-corrected chi connectivity index (χ1v) is 20.4. The quantitative estimate of drug-likeness (QED) is 0.118. The van der Waals surface area contributed by atoms with Gasteiger partial charge in [0.15, 0.2) is 0 Å². The van der Waals surface area contributed by atoms with Gasteiger partial charge >= 0.3 is 0 Å². The van der Waals surface area contributed by atoms with Crippen molar-refractivity contribution in [1.29, 1.82) is 0 Å². The number of para-hydroxylation sites is 3. The van der Waals surface area contributed by atoms with E-state index in [2.05, 4.69) is 128 Å². The maximum absolute atomic E-state index is 8.66. The van der Waals surface area contributed by atoms with Gasteiger partial charge in [0.1, 0.15) is 5.58 Å². The summed E-state index contributed by atoms with van der Waals surface area (Å²) in [6.07, 6.45) is -0.588. The average molecular weight is 965 g/mol. The molecule has 4 nitrogen and oxygen atoms in total. The largest absolute Gasteiger partial charge is 0.501 e. The summed E-state index contributed by atoms with van der Waals surface area (Å²) < 4.78 is 49.8. The van der Waals surface area contributed by atoms with Gasteiger partial charge in [-0.1, -0.05) is 131 Å². The van der Waals surface area contributed by atoms with Crippen LogP contribution in [0, 0.1) is 24.9 Å². The van der Waals surface area contributed by atoms with Crippen molar-refractivity contribution in [2.45, 2.75) is 66.6 Å². The molecule has 10 aromatic rings. The van der Waals surface area contributed by atoms with E-state index in [4.69, 9.17) is 16.3 Å². The van der Waals surface area contributed by atoms with E-state index in [1.54, 1.807) is 26.0 Å². The molecule has 0 spiro atoms. The van der Waals surface area contributed by atoms with E-state index in [-0.39, 0.29) is 31.2 Å². The number of aryl methyl sites for hydroxylation is 1. The molecule has 10 rings (SSSR count). The summed E-state index contributed by atoms with van der Waals surface area (Å²) in [7, 11) is 0. The first-order chi connectivity index (χ1) is 30.6. The first-order valence-electron chi connectivity index (χ1n) is 22.9. The predicted molar refractivity (Wildman–Crippen MR) is 248 cm³/mol. The molecule has 0 atom stereocenters. The van der Waals surface area contributed by atoms with Gasteiger partial charge in [0.2, 0.25) is 0 Å². The summed E-state index contributed by atoms with van der Waals surface area (Å²) in [5.74, 6) is 1.36. The number of benzene rings is 7. The molecule has 3 aromatic heterocycles. The van der Waals surface area contributed by atoms with E-state index >= 15 is 0 Å². The first kappa shape index (κ1) is 34.9. The van der Waals surface area contributed by atoms with Crippen LogP contribution in [0.25, 0.3) is 82.8 Å². The van der Waals surface area contributed by atoms with E-state index in [0.29, 0.717) is 28.7 Å². The summed E-state index contributed by atoms with van der Waals surface area (Å²) >= 11 is 0. The van der Waals surface area contributed by atoms with E-state index in [1.807, 2.05) is 42.5 Å². The van der Waals surface area contributed by atoms with Crippen LogP contribution in [0.3, 0.4) is 0 Å². The predicted octanol–water partition coefficient (Wildman–Crippen LogP) is 15.0. The van der Waals surface area contributed by atoms with Crippen LogP contribution in [-0.2, 0) is 26.5 Å². The molecular weight excluding hydrogens is 911 g/mol. The van der Waals surface area contributed by atoms with E-state index in [0.717, 1.165) is 49.5 Å². The topological polar surface area (TPSA) is 43.9 Å². The third-order valence-corrected chi connectivity index (χ3v) is 11.0. The number of hydrogen-bond acceptors (Lipinski definition) is 3. The Labute approximate surface area is 373 Å². The Balaban J connectivity index is 0.000000183. The summed E-state index contributed by atoms with van der Waals surface area (Å²) in [6.45, 7) is 10.0. The molecule has 5 heteroatoms. The Morgan fingerprint density at radius 2 is 1.45 bits per heavy atom. The number of pyridine rings is 1. The minimum absolute atomic E-state index is 0. The molecule has 0 bridgehead atoms. The van der Waals surface area contributed by atoms with Crippen molar-refractivity contribution in [1.82, 2.24) is 14.5 Å². The standard InChI is InChI=1S/C30H24NO.C25H25N2.Ir/c1-18(2)13-22-14-28(31-17-19(22)3)25-10-6-9-24-27-16-26-21(15-29(27)32-30(24)25)12-11-20-7-4-5-8-23(20)26;1-17(2)20-13-10-14-21(18(3)4)24(20)27-23-16-9-8-15-22(23)26-25(27)19-11-6-5-7-12-19;/h4-9,11-12,14-18H,13H2,1-3H3;5-11,13-18H,1-4H3;/q2*-1;/i3D3,13D2;;. The zero-order valence-electron chi connectivity index (χ0n) is 39.6. The molecule has 0 N–H and O–H groups in total. The molecule has 60 heavy (non-hydrogen) atoms. The number of furan rings is 1. The molecule has 7 aromatic carbocycles. The summed E-state index contributed by atoms with van der Waals surface area (Å²) in [6, 6.07) is 51.7. The van der Waals surface area contributed by atoms with Crippen molar-refractivity contribution in [3.63, 3.8) is 0 Å². The van der Waals surface area contributed by atoms with Crippen molar-refractivity contribution >= 4 is 54.5 Å². The molecule has 0 unspecified atom stereocenters. The van der Waals surface area contributed by atoms with Gasteiger partial charge in [-0.25, -0.2) is 0 Å². The van der Waals surface area contributed by atoms with Crippen LogP contribution in [0.1, 0.15) is 82.5 Å². The average Bonchev–Trinajstić information content (AvgIpc) is 3.86. The van der Waals surface area contributed by atoms with Gasteiger partial charge in [0.25, 0.3) is 0 Å². The second kappa shape index (κ2) is 17.0. The van der Waals surface area contributed by atoms with Gasteiger partial charge in [-0.15, -0.1) is 54.1 Å². The number of fused-ring (bicyclic) bond motifs is 7. The van der Waals surface area contributed by atoms with Gasteiger partial charge in [-0.05, 0) is 99.2 Å². The maximum atomic E-state index is 8.66. The SMILES string of the molecule is CC(C)c1cccc(C(C)C)c1-n1c(-c2[c-]cccc2)nc2ccccc21.[2H]C([2H])([2H])c1cnc(-c2[c-]ccc3c2oc2cc4ccc5ccccc5c4cc23)cc1C([2H])([2H])C(C)C.[Ir]. The molecule has 0 aliphatic heterocycles. The van der Waals surface area contributed by atoms with Gasteiger partial charge in [-0.2, -0.15) is 0 Å². The van der Waals surface area contributed by atoms with Crippen LogP contribution in [0.15, 0.2) is 144 Å². The van der Waals surface area contributed by atoms with E-state index in [9.17, 15) is 0 Å². The molecule has 301 valence electrons. The van der Waals surface area contributed by atoms with Crippen LogP contribution in [-0.4, -0.2) is 14.5 Å². The van der Waals surface area contributed by atoms with Gasteiger partial charge in [0.05, 0.1) is 22.4 Å². The maximum Gasteiger partial charge on any atom is 0.121 e. The molecule has 0 aliphatic rings. The number of aromatic nitrogens is 3. The van der Waals surface area contributed by atoms with E-state index < -0.39 is 19.1 Å². The summed E-state index contributed by atoms with van der Waals surface area (Å²) in [5.41, 5.74) is 9.48. The zero-order valence-corrected chi connectivity index (χ0v) is 37.0.